The zero-order valence-corrected chi connectivity index (χ0v) is 12.1. The van der Waals surface area contributed by atoms with Crippen molar-refractivity contribution in [2.24, 2.45) is 5.92 Å². The normalized spacial score (nSPS) is 21.1. The van der Waals surface area contributed by atoms with E-state index in [2.05, 4.69) is 11.8 Å². The first kappa shape index (κ1) is 14.2. The maximum absolute atomic E-state index is 9.71. The SMILES string of the molecule is CCOc1cc(CN2CCCC(C)CC2)ccc1O. The Morgan fingerprint density at radius 3 is 2.95 bits per heavy atom. The van der Waals surface area contributed by atoms with Crippen molar-refractivity contribution in [1.82, 2.24) is 4.90 Å². The molecule has 3 heteroatoms. The number of phenolic OH excluding ortho intramolecular Hbond substituents is 1. The summed E-state index contributed by atoms with van der Waals surface area (Å²) < 4.78 is 5.44. The maximum atomic E-state index is 9.71. The molecule has 1 unspecified atom stereocenters. The number of nitrogens with zero attached hydrogens (tertiary/aromatic N) is 1. The van der Waals surface area contributed by atoms with Gasteiger partial charge in [-0.05, 0) is 62.9 Å². The molecular weight excluding hydrogens is 238 g/mol. The highest BCUT2D eigenvalue weighted by Crippen LogP contribution is 2.28. The van der Waals surface area contributed by atoms with Gasteiger partial charge in [-0.25, -0.2) is 0 Å². The van der Waals surface area contributed by atoms with Crippen molar-refractivity contribution in [3.05, 3.63) is 23.8 Å². The average molecular weight is 263 g/mol. The van der Waals surface area contributed by atoms with Crippen LogP contribution in [0.5, 0.6) is 11.5 Å². The van der Waals surface area contributed by atoms with Crippen molar-refractivity contribution in [3.8, 4) is 11.5 Å². The average Bonchev–Trinajstić information content (AvgIpc) is 2.59. The molecule has 1 fully saturated rings. The molecule has 0 aliphatic carbocycles. The molecule has 0 saturated carbocycles. The summed E-state index contributed by atoms with van der Waals surface area (Å²) in [6, 6.07) is 5.69. The van der Waals surface area contributed by atoms with Gasteiger partial charge in [-0.2, -0.15) is 0 Å². The predicted molar refractivity (Wildman–Crippen MR) is 77.6 cm³/mol. The van der Waals surface area contributed by atoms with E-state index in [-0.39, 0.29) is 5.75 Å². The number of aromatic hydroxyl groups is 1. The number of phenols is 1. The summed E-state index contributed by atoms with van der Waals surface area (Å²) in [6.07, 6.45) is 3.92. The van der Waals surface area contributed by atoms with E-state index in [0.29, 0.717) is 12.4 Å². The minimum Gasteiger partial charge on any atom is -0.504 e. The van der Waals surface area contributed by atoms with Crippen molar-refractivity contribution >= 4 is 0 Å². The lowest BCUT2D eigenvalue weighted by Gasteiger charge is -2.20. The van der Waals surface area contributed by atoms with E-state index in [1.54, 1.807) is 6.07 Å². The van der Waals surface area contributed by atoms with E-state index >= 15 is 0 Å². The number of hydrogen-bond donors (Lipinski definition) is 1. The van der Waals surface area contributed by atoms with Gasteiger partial charge < -0.3 is 9.84 Å². The first-order valence-corrected chi connectivity index (χ1v) is 7.36. The lowest BCUT2D eigenvalue weighted by atomic mass is 10.0. The summed E-state index contributed by atoms with van der Waals surface area (Å²) >= 11 is 0. The fourth-order valence-corrected chi connectivity index (χ4v) is 2.67. The molecule has 2 rings (SSSR count). The molecule has 1 saturated heterocycles. The lowest BCUT2D eigenvalue weighted by molar-refractivity contribution is 0.272. The second-order valence-corrected chi connectivity index (χ2v) is 5.55. The molecule has 1 aromatic carbocycles. The molecule has 1 aromatic rings. The maximum Gasteiger partial charge on any atom is 0.161 e. The van der Waals surface area contributed by atoms with Crippen LogP contribution in [-0.4, -0.2) is 29.7 Å². The van der Waals surface area contributed by atoms with Gasteiger partial charge in [0.1, 0.15) is 0 Å². The van der Waals surface area contributed by atoms with Crippen LogP contribution in [0.3, 0.4) is 0 Å². The van der Waals surface area contributed by atoms with Crippen molar-refractivity contribution in [2.75, 3.05) is 19.7 Å². The van der Waals surface area contributed by atoms with Crippen LogP contribution < -0.4 is 4.74 Å². The van der Waals surface area contributed by atoms with Crippen LogP contribution in [0.4, 0.5) is 0 Å². The minimum absolute atomic E-state index is 0.232. The molecule has 0 spiro atoms. The Hall–Kier alpha value is -1.22. The molecule has 0 aromatic heterocycles. The van der Waals surface area contributed by atoms with E-state index in [0.717, 1.165) is 12.5 Å². The van der Waals surface area contributed by atoms with Gasteiger partial charge in [0, 0.05) is 6.54 Å². The van der Waals surface area contributed by atoms with Crippen LogP contribution >= 0.6 is 0 Å². The van der Waals surface area contributed by atoms with Crippen LogP contribution in [0, 0.1) is 5.92 Å². The van der Waals surface area contributed by atoms with Gasteiger partial charge in [0.05, 0.1) is 6.61 Å². The van der Waals surface area contributed by atoms with Gasteiger partial charge in [0.25, 0.3) is 0 Å². The smallest absolute Gasteiger partial charge is 0.161 e. The van der Waals surface area contributed by atoms with Crippen molar-refractivity contribution in [3.63, 3.8) is 0 Å². The van der Waals surface area contributed by atoms with Crippen LogP contribution in [0.25, 0.3) is 0 Å². The molecule has 0 bridgehead atoms. The topological polar surface area (TPSA) is 32.7 Å². The fourth-order valence-electron chi connectivity index (χ4n) is 2.67. The number of hydrogen-bond acceptors (Lipinski definition) is 3. The molecule has 0 radical (unpaired) electrons. The van der Waals surface area contributed by atoms with Gasteiger partial charge >= 0.3 is 0 Å². The van der Waals surface area contributed by atoms with E-state index in [1.165, 1.54) is 37.9 Å². The Morgan fingerprint density at radius 1 is 1.32 bits per heavy atom. The summed E-state index contributed by atoms with van der Waals surface area (Å²) in [5.74, 6) is 1.68. The van der Waals surface area contributed by atoms with Gasteiger partial charge in [-0.3, -0.25) is 4.90 Å². The monoisotopic (exact) mass is 263 g/mol. The molecule has 1 atom stereocenters. The first-order chi connectivity index (χ1) is 9.19. The van der Waals surface area contributed by atoms with Crippen molar-refractivity contribution < 1.29 is 9.84 Å². The lowest BCUT2D eigenvalue weighted by Crippen LogP contribution is -2.24. The highest BCUT2D eigenvalue weighted by Gasteiger charge is 2.14. The van der Waals surface area contributed by atoms with Crippen LogP contribution in [0.15, 0.2) is 18.2 Å². The van der Waals surface area contributed by atoms with Gasteiger partial charge in [-0.1, -0.05) is 13.0 Å². The summed E-state index contributed by atoms with van der Waals surface area (Å²) in [5, 5.41) is 9.71. The van der Waals surface area contributed by atoms with Crippen molar-refractivity contribution in [2.45, 2.75) is 39.7 Å². The van der Waals surface area contributed by atoms with Gasteiger partial charge in [0.15, 0.2) is 11.5 Å². The number of ether oxygens (including phenoxy) is 1. The molecule has 3 nitrogen and oxygen atoms in total. The summed E-state index contributed by atoms with van der Waals surface area (Å²) in [6.45, 7) is 8.16. The Balaban J connectivity index is 2.00. The zero-order chi connectivity index (χ0) is 13.7. The van der Waals surface area contributed by atoms with Crippen molar-refractivity contribution in [1.29, 1.82) is 0 Å². The quantitative estimate of drug-likeness (QED) is 0.903. The zero-order valence-electron chi connectivity index (χ0n) is 12.1. The third-order valence-corrected chi connectivity index (χ3v) is 3.84. The molecule has 1 aliphatic heterocycles. The van der Waals surface area contributed by atoms with Gasteiger partial charge in [0.2, 0.25) is 0 Å². The second-order valence-electron chi connectivity index (χ2n) is 5.55. The minimum atomic E-state index is 0.232. The molecule has 1 N–H and O–H groups in total. The van der Waals surface area contributed by atoms with E-state index in [1.807, 2.05) is 19.1 Å². The van der Waals surface area contributed by atoms with Crippen LogP contribution in [0.2, 0.25) is 0 Å². The van der Waals surface area contributed by atoms with E-state index < -0.39 is 0 Å². The molecule has 19 heavy (non-hydrogen) atoms. The number of benzene rings is 1. The third kappa shape index (κ3) is 4.13. The molecule has 0 amide bonds. The number of likely N-dealkylation sites (tertiary alicyclic amines) is 1. The Bertz CT molecular complexity index is 406. The highest BCUT2D eigenvalue weighted by molar-refractivity contribution is 5.41. The predicted octanol–water partition coefficient (Wildman–Crippen LogP) is 3.41. The Morgan fingerprint density at radius 2 is 2.16 bits per heavy atom. The van der Waals surface area contributed by atoms with Gasteiger partial charge in [-0.15, -0.1) is 0 Å². The molecule has 1 heterocycles. The van der Waals surface area contributed by atoms with Crippen LogP contribution in [-0.2, 0) is 6.54 Å². The third-order valence-electron chi connectivity index (χ3n) is 3.84. The fraction of sp³-hybridized carbons (Fsp3) is 0.625. The second kappa shape index (κ2) is 6.80. The molecule has 106 valence electrons. The summed E-state index contributed by atoms with van der Waals surface area (Å²) in [7, 11) is 0. The highest BCUT2D eigenvalue weighted by atomic mass is 16.5. The van der Waals surface area contributed by atoms with E-state index in [4.69, 9.17) is 4.74 Å². The summed E-state index contributed by atoms with van der Waals surface area (Å²) in [4.78, 5) is 2.51. The Kier molecular flexibility index (Phi) is 5.08. The largest absolute Gasteiger partial charge is 0.504 e. The molecular formula is C16H25NO2. The molecule has 1 aliphatic rings. The van der Waals surface area contributed by atoms with E-state index in [9.17, 15) is 5.11 Å². The summed E-state index contributed by atoms with van der Waals surface area (Å²) in [5.41, 5.74) is 1.22. The standard InChI is InChI=1S/C16H25NO2/c1-3-19-16-11-14(6-7-15(16)18)12-17-9-4-5-13(2)8-10-17/h6-7,11,13,18H,3-5,8-10,12H2,1-2H3. The number of rotatable bonds is 4. The van der Waals surface area contributed by atoms with Crippen LogP contribution in [0.1, 0.15) is 38.7 Å². The Labute approximate surface area is 116 Å². The first-order valence-electron chi connectivity index (χ1n) is 7.36.